The number of benzene rings is 1. The summed E-state index contributed by atoms with van der Waals surface area (Å²) in [5.41, 5.74) is 2.10. The zero-order valence-electron chi connectivity index (χ0n) is 15.1. The highest BCUT2D eigenvalue weighted by Crippen LogP contribution is 2.30. The Bertz CT molecular complexity index is 874. The highest BCUT2D eigenvalue weighted by Gasteiger charge is 2.30. The van der Waals surface area contributed by atoms with Crippen molar-refractivity contribution >= 4 is 42.1 Å². The Labute approximate surface area is 181 Å². The van der Waals surface area contributed by atoms with Gasteiger partial charge in [-0.2, -0.15) is 0 Å². The molecular weight excluding hydrogens is 415 g/mol. The Morgan fingerprint density at radius 3 is 2.57 bits per heavy atom. The zero-order chi connectivity index (χ0) is 17.8. The number of pyridine rings is 1. The van der Waals surface area contributed by atoms with Gasteiger partial charge < -0.3 is 10.1 Å². The van der Waals surface area contributed by atoms with E-state index in [0.29, 0.717) is 11.4 Å². The fourth-order valence-corrected chi connectivity index (χ4v) is 4.19. The number of rotatable bonds is 4. The highest BCUT2D eigenvalue weighted by atomic mass is 35.5. The van der Waals surface area contributed by atoms with Crippen molar-refractivity contribution in [1.29, 1.82) is 0 Å². The molecule has 7 heteroatoms. The summed E-state index contributed by atoms with van der Waals surface area (Å²) in [5.74, 6) is -0.0246. The van der Waals surface area contributed by atoms with Crippen LogP contribution >= 0.6 is 36.2 Å². The van der Waals surface area contributed by atoms with Crippen molar-refractivity contribution in [3.63, 3.8) is 0 Å². The van der Waals surface area contributed by atoms with Crippen molar-refractivity contribution in [2.45, 2.75) is 18.4 Å². The van der Waals surface area contributed by atoms with Crippen molar-refractivity contribution < 1.29 is 9.53 Å². The van der Waals surface area contributed by atoms with Gasteiger partial charge in [0.05, 0.1) is 10.6 Å². The molecule has 1 aliphatic rings. The predicted molar refractivity (Wildman–Crippen MR) is 118 cm³/mol. The van der Waals surface area contributed by atoms with Crippen LogP contribution in [0.5, 0.6) is 0 Å². The monoisotopic (exact) mass is 436 g/mol. The average Bonchev–Trinajstić information content (AvgIpc) is 3.20. The number of nitrogens with zero attached hydrogens (tertiary/aromatic N) is 1. The molecule has 3 aromatic rings. The lowest BCUT2D eigenvalue weighted by molar-refractivity contribution is 0.0188. The fourth-order valence-electron chi connectivity index (χ4n) is 3.32. The van der Waals surface area contributed by atoms with E-state index in [4.69, 9.17) is 4.74 Å². The number of carbonyl (C=O) groups excluding carboxylic acids is 1. The molecule has 0 radical (unpaired) electrons. The van der Waals surface area contributed by atoms with Gasteiger partial charge in [0.25, 0.3) is 0 Å². The van der Waals surface area contributed by atoms with E-state index in [0.717, 1.165) is 23.5 Å². The molecule has 4 nitrogen and oxygen atoms in total. The first-order valence-corrected chi connectivity index (χ1v) is 9.61. The van der Waals surface area contributed by atoms with Gasteiger partial charge in [-0.25, -0.2) is 4.79 Å². The summed E-state index contributed by atoms with van der Waals surface area (Å²) in [6.45, 7) is 1.63. The van der Waals surface area contributed by atoms with Crippen LogP contribution in [-0.2, 0) is 4.74 Å². The third kappa shape index (κ3) is 5.11. The Morgan fingerprint density at radius 2 is 1.82 bits per heavy atom. The van der Waals surface area contributed by atoms with Gasteiger partial charge in [-0.15, -0.1) is 36.2 Å². The van der Waals surface area contributed by atoms with Crippen LogP contribution in [-0.4, -0.2) is 30.1 Å². The molecule has 0 bridgehead atoms. The second-order valence-electron chi connectivity index (χ2n) is 6.33. The summed E-state index contributed by atoms with van der Waals surface area (Å²) in [7, 11) is 0. The minimum atomic E-state index is -0.258. The Kier molecular flexibility index (Phi) is 8.45. The molecule has 3 heterocycles. The van der Waals surface area contributed by atoms with E-state index in [2.05, 4.69) is 22.4 Å². The maximum Gasteiger partial charge on any atom is 0.348 e. The molecule has 0 aliphatic carbocycles. The number of aromatic nitrogens is 1. The van der Waals surface area contributed by atoms with Crippen LogP contribution in [0.4, 0.5) is 0 Å². The number of hydrogen-bond donors (Lipinski definition) is 1. The maximum absolute atomic E-state index is 12.7. The number of halogens is 2. The van der Waals surface area contributed by atoms with Crippen molar-refractivity contribution in [1.82, 2.24) is 10.3 Å². The molecule has 1 saturated heterocycles. The van der Waals surface area contributed by atoms with E-state index in [9.17, 15) is 4.79 Å². The SMILES string of the molecule is Cl.Cl.O=C(O[C@H]1CNCC[C@@H]1c1ccccc1)c1ccc(-c2ccccn2)s1. The van der Waals surface area contributed by atoms with E-state index < -0.39 is 0 Å². The molecule has 148 valence electrons. The van der Waals surface area contributed by atoms with Gasteiger partial charge in [-0.05, 0) is 42.8 Å². The van der Waals surface area contributed by atoms with Crippen LogP contribution in [0.25, 0.3) is 10.6 Å². The Morgan fingerprint density at radius 1 is 1.04 bits per heavy atom. The molecule has 0 saturated carbocycles. The van der Waals surface area contributed by atoms with E-state index in [1.165, 1.54) is 16.9 Å². The molecule has 0 amide bonds. The van der Waals surface area contributed by atoms with Crippen molar-refractivity contribution in [3.05, 3.63) is 77.3 Å². The predicted octanol–water partition coefficient (Wildman–Crippen LogP) is 4.96. The summed E-state index contributed by atoms with van der Waals surface area (Å²) < 4.78 is 5.88. The number of hydrogen-bond acceptors (Lipinski definition) is 5. The van der Waals surface area contributed by atoms with Gasteiger partial charge in [-0.3, -0.25) is 4.98 Å². The molecule has 1 aromatic carbocycles. The lowest BCUT2D eigenvalue weighted by atomic mass is 9.88. The molecule has 1 N–H and O–H groups in total. The zero-order valence-corrected chi connectivity index (χ0v) is 17.6. The van der Waals surface area contributed by atoms with Crippen LogP contribution in [0.1, 0.15) is 27.6 Å². The minimum absolute atomic E-state index is 0. The molecule has 4 rings (SSSR count). The van der Waals surface area contributed by atoms with Crippen molar-refractivity contribution in [2.75, 3.05) is 13.1 Å². The van der Waals surface area contributed by atoms with E-state index in [-0.39, 0.29) is 42.8 Å². The van der Waals surface area contributed by atoms with E-state index >= 15 is 0 Å². The first-order chi connectivity index (χ1) is 12.8. The average molecular weight is 437 g/mol. The van der Waals surface area contributed by atoms with Crippen LogP contribution in [0, 0.1) is 0 Å². The van der Waals surface area contributed by atoms with Gasteiger partial charge in [-0.1, -0.05) is 36.4 Å². The third-order valence-electron chi connectivity index (χ3n) is 4.64. The number of piperidine rings is 1. The molecular formula is C21H22Cl2N2O2S. The lowest BCUT2D eigenvalue weighted by Crippen LogP contribution is -2.42. The molecule has 2 atom stereocenters. The second-order valence-corrected chi connectivity index (χ2v) is 7.42. The van der Waals surface area contributed by atoms with E-state index in [1.807, 2.05) is 48.5 Å². The second kappa shape index (κ2) is 10.6. The summed E-state index contributed by atoms with van der Waals surface area (Å²) in [5, 5.41) is 3.34. The quantitative estimate of drug-likeness (QED) is 0.587. The first-order valence-electron chi connectivity index (χ1n) is 8.79. The minimum Gasteiger partial charge on any atom is -0.456 e. The molecule has 2 aromatic heterocycles. The lowest BCUT2D eigenvalue weighted by Gasteiger charge is -2.32. The van der Waals surface area contributed by atoms with Gasteiger partial charge in [0.15, 0.2) is 0 Å². The van der Waals surface area contributed by atoms with Gasteiger partial charge in [0.1, 0.15) is 11.0 Å². The normalized spacial score (nSPS) is 18.4. The van der Waals surface area contributed by atoms with Crippen molar-refractivity contribution in [2.24, 2.45) is 0 Å². The number of ether oxygens (including phenoxy) is 1. The van der Waals surface area contributed by atoms with Gasteiger partial charge in [0, 0.05) is 18.7 Å². The summed E-state index contributed by atoms with van der Waals surface area (Å²) in [6.07, 6.45) is 2.57. The van der Waals surface area contributed by atoms with Gasteiger partial charge in [0.2, 0.25) is 0 Å². The largest absolute Gasteiger partial charge is 0.456 e. The molecule has 1 aliphatic heterocycles. The van der Waals surface area contributed by atoms with Gasteiger partial charge >= 0.3 is 5.97 Å². The topological polar surface area (TPSA) is 51.2 Å². The summed E-state index contributed by atoms with van der Waals surface area (Å²) in [6, 6.07) is 19.8. The molecule has 28 heavy (non-hydrogen) atoms. The van der Waals surface area contributed by atoms with E-state index in [1.54, 1.807) is 6.20 Å². The highest BCUT2D eigenvalue weighted by molar-refractivity contribution is 7.17. The fraction of sp³-hybridized carbons (Fsp3) is 0.238. The van der Waals surface area contributed by atoms with Crippen LogP contribution in [0.2, 0.25) is 0 Å². The molecule has 0 unspecified atom stereocenters. The number of esters is 1. The molecule has 1 fully saturated rings. The maximum atomic E-state index is 12.7. The smallest absolute Gasteiger partial charge is 0.348 e. The number of nitrogens with one attached hydrogen (secondary N) is 1. The summed E-state index contributed by atoms with van der Waals surface area (Å²) >= 11 is 1.42. The first kappa shape index (κ1) is 22.4. The standard InChI is InChI=1S/C21H20N2O2S.2ClH/c24-21(20-10-9-19(26-20)17-8-4-5-12-23-17)25-18-14-22-13-11-16(18)15-6-2-1-3-7-15;;/h1-10,12,16,18,22H,11,13-14H2;2*1H/t16-,18+;;/m1../s1. The van der Waals surface area contributed by atoms with Crippen LogP contribution in [0.3, 0.4) is 0 Å². The van der Waals surface area contributed by atoms with Crippen LogP contribution < -0.4 is 5.32 Å². The number of carbonyl (C=O) groups is 1. The third-order valence-corrected chi connectivity index (χ3v) is 5.72. The van der Waals surface area contributed by atoms with Crippen LogP contribution in [0.15, 0.2) is 66.9 Å². The summed E-state index contributed by atoms with van der Waals surface area (Å²) in [4.78, 5) is 18.6. The Hall–Kier alpha value is -1.92. The Balaban J connectivity index is 0.00000140. The molecule has 0 spiro atoms. The van der Waals surface area contributed by atoms with Crippen molar-refractivity contribution in [3.8, 4) is 10.6 Å². The number of thiophene rings is 1.